The van der Waals surface area contributed by atoms with Gasteiger partial charge in [-0.25, -0.2) is 0 Å². The van der Waals surface area contributed by atoms with Crippen LogP contribution in [-0.2, 0) is 0 Å². The van der Waals surface area contributed by atoms with Crippen molar-refractivity contribution in [1.82, 2.24) is 0 Å². The molecule has 0 amide bonds. The normalized spacial score (nSPS) is 8.00. The Morgan fingerprint density at radius 3 is 0.750 bits per heavy atom. The standard InChI is InChI=1S/2C3H10NSi.2Na/c2*1-4-5(2)3;;/h2*5H,1-3H3;;/q2*-1;2*+1. The molecule has 0 saturated carbocycles. The molecule has 64 valence electrons. The summed E-state index contributed by atoms with van der Waals surface area (Å²) in [6.45, 7) is 8.78. The minimum atomic E-state index is -0.525. The molecule has 0 bridgehead atoms. The van der Waals surface area contributed by atoms with Crippen molar-refractivity contribution in [3.05, 3.63) is 9.96 Å². The van der Waals surface area contributed by atoms with E-state index in [0.717, 1.165) is 0 Å². The second-order valence-electron chi connectivity index (χ2n) is 2.70. The van der Waals surface area contributed by atoms with Gasteiger partial charge in [0.15, 0.2) is 0 Å². The molecular weight excluding hydrogens is 202 g/mol. The van der Waals surface area contributed by atoms with Crippen molar-refractivity contribution >= 4 is 17.9 Å². The van der Waals surface area contributed by atoms with Gasteiger partial charge in [-0.1, -0.05) is 44.1 Å². The number of hydrogen-bond acceptors (Lipinski definition) is 0. The molecule has 0 aromatic carbocycles. The van der Waals surface area contributed by atoms with Gasteiger partial charge in [-0.3, -0.25) is 0 Å². The third-order valence-electron chi connectivity index (χ3n) is 1.03. The van der Waals surface area contributed by atoms with E-state index in [1.165, 1.54) is 0 Å². The third-order valence-corrected chi connectivity index (χ3v) is 3.10. The Balaban J connectivity index is -0.0000000457. The van der Waals surface area contributed by atoms with E-state index in [2.05, 4.69) is 36.2 Å². The predicted octanol–water partition coefficient (Wildman–Crippen LogP) is -4.05. The van der Waals surface area contributed by atoms with Crippen molar-refractivity contribution in [1.29, 1.82) is 0 Å². The molecule has 0 aromatic heterocycles. The first-order valence-corrected chi connectivity index (χ1v) is 9.37. The average Bonchev–Trinajstić information content (AvgIpc) is 1.89. The summed E-state index contributed by atoms with van der Waals surface area (Å²) in [6.07, 6.45) is 0. The summed E-state index contributed by atoms with van der Waals surface area (Å²) in [5.41, 5.74) is 0. The van der Waals surface area contributed by atoms with Gasteiger partial charge in [-0.15, -0.1) is 0 Å². The number of nitrogens with zero attached hydrogens (tertiary/aromatic N) is 2. The second kappa shape index (κ2) is 19.0. The minimum Gasteiger partial charge on any atom is -0.670 e. The smallest absolute Gasteiger partial charge is 0.670 e. The van der Waals surface area contributed by atoms with Crippen molar-refractivity contribution in [2.24, 2.45) is 0 Å². The van der Waals surface area contributed by atoms with Crippen LogP contribution in [0, 0.1) is 0 Å². The largest absolute Gasteiger partial charge is 1.00 e. The predicted molar refractivity (Wildman–Crippen MR) is 56.3 cm³/mol. The monoisotopic (exact) mass is 222 g/mol. The molecule has 0 N–H and O–H groups in total. The van der Waals surface area contributed by atoms with Crippen LogP contribution in [-0.4, -0.2) is 32.0 Å². The minimum absolute atomic E-state index is 0. The van der Waals surface area contributed by atoms with Gasteiger partial charge < -0.3 is 9.96 Å². The van der Waals surface area contributed by atoms with Crippen molar-refractivity contribution in [3.63, 3.8) is 0 Å². The maximum Gasteiger partial charge on any atom is 1.00 e. The summed E-state index contributed by atoms with van der Waals surface area (Å²) < 4.78 is 0. The first-order chi connectivity index (χ1) is 4.54. The molecule has 0 spiro atoms. The Labute approximate surface area is 126 Å². The SMILES string of the molecule is C[N-][SiH](C)C.C[N-][SiH](C)C.[Na+].[Na+]. The molecule has 0 aliphatic rings. The topological polar surface area (TPSA) is 28.2 Å². The van der Waals surface area contributed by atoms with Crippen LogP contribution in [0.25, 0.3) is 9.96 Å². The van der Waals surface area contributed by atoms with E-state index in [9.17, 15) is 0 Å². The van der Waals surface area contributed by atoms with Crippen LogP contribution in [0.15, 0.2) is 0 Å². The van der Waals surface area contributed by atoms with Crippen LogP contribution in [0.1, 0.15) is 0 Å². The van der Waals surface area contributed by atoms with Crippen molar-refractivity contribution in [3.8, 4) is 0 Å². The fraction of sp³-hybridized carbons (Fsp3) is 1.00. The second-order valence-corrected chi connectivity index (χ2v) is 8.11. The number of hydrogen-bond donors (Lipinski definition) is 0. The van der Waals surface area contributed by atoms with E-state index in [1.807, 2.05) is 14.1 Å². The summed E-state index contributed by atoms with van der Waals surface area (Å²) in [7, 11) is 2.72. The molecular formula is C6H20N2Na2Si2. The van der Waals surface area contributed by atoms with Crippen LogP contribution >= 0.6 is 0 Å². The summed E-state index contributed by atoms with van der Waals surface area (Å²) in [5.74, 6) is 0. The molecule has 12 heavy (non-hydrogen) atoms. The van der Waals surface area contributed by atoms with E-state index in [0.29, 0.717) is 0 Å². The zero-order valence-corrected chi connectivity index (χ0v) is 16.4. The van der Waals surface area contributed by atoms with Crippen LogP contribution in [0.2, 0.25) is 26.2 Å². The third kappa shape index (κ3) is 39.4. The van der Waals surface area contributed by atoms with E-state index in [4.69, 9.17) is 0 Å². The van der Waals surface area contributed by atoms with Crippen molar-refractivity contribution in [2.75, 3.05) is 14.1 Å². The molecule has 0 rings (SSSR count). The maximum absolute atomic E-state index is 4.03. The molecule has 0 unspecified atom stereocenters. The van der Waals surface area contributed by atoms with Gasteiger partial charge in [0, 0.05) is 0 Å². The van der Waals surface area contributed by atoms with E-state index < -0.39 is 17.9 Å². The summed E-state index contributed by atoms with van der Waals surface area (Å²) in [4.78, 5) is 8.06. The van der Waals surface area contributed by atoms with Crippen molar-refractivity contribution < 1.29 is 59.1 Å². The number of rotatable bonds is 2. The van der Waals surface area contributed by atoms with Gasteiger partial charge in [0.25, 0.3) is 0 Å². The first kappa shape index (κ1) is 23.9. The molecule has 0 heterocycles. The van der Waals surface area contributed by atoms with Gasteiger partial charge >= 0.3 is 59.1 Å². The van der Waals surface area contributed by atoms with Gasteiger partial charge in [-0.05, 0) is 0 Å². The van der Waals surface area contributed by atoms with Crippen LogP contribution in [0.5, 0.6) is 0 Å². The molecule has 0 aromatic rings. The van der Waals surface area contributed by atoms with Gasteiger partial charge in [-0.2, -0.15) is 14.1 Å². The van der Waals surface area contributed by atoms with Gasteiger partial charge in [0.05, 0.1) is 0 Å². The fourth-order valence-corrected chi connectivity index (χ4v) is 0. The molecule has 2 nitrogen and oxygen atoms in total. The molecule has 0 radical (unpaired) electrons. The van der Waals surface area contributed by atoms with Gasteiger partial charge in [0.1, 0.15) is 0 Å². The van der Waals surface area contributed by atoms with E-state index >= 15 is 0 Å². The maximum atomic E-state index is 4.03. The van der Waals surface area contributed by atoms with E-state index in [-0.39, 0.29) is 59.1 Å². The average molecular weight is 222 g/mol. The Kier molecular flexibility index (Phi) is 37.8. The Morgan fingerprint density at radius 2 is 0.750 bits per heavy atom. The van der Waals surface area contributed by atoms with Gasteiger partial charge in [0.2, 0.25) is 0 Å². The Bertz CT molecular complexity index is 57.5. The molecule has 6 heteroatoms. The quantitative estimate of drug-likeness (QED) is 0.426. The molecule has 0 saturated heterocycles. The molecule has 0 aliphatic carbocycles. The van der Waals surface area contributed by atoms with Crippen LogP contribution in [0.4, 0.5) is 0 Å². The van der Waals surface area contributed by atoms with Crippen molar-refractivity contribution in [2.45, 2.75) is 26.2 Å². The van der Waals surface area contributed by atoms with Crippen LogP contribution < -0.4 is 59.1 Å². The summed E-state index contributed by atoms with van der Waals surface area (Å²) >= 11 is 0. The summed E-state index contributed by atoms with van der Waals surface area (Å²) in [6, 6.07) is 0. The molecule has 0 atom stereocenters. The first-order valence-electron chi connectivity index (χ1n) is 3.72. The van der Waals surface area contributed by atoms with E-state index in [1.54, 1.807) is 0 Å². The van der Waals surface area contributed by atoms with Crippen LogP contribution in [0.3, 0.4) is 0 Å². The zero-order chi connectivity index (χ0) is 8.57. The Hall–Kier alpha value is 2.35. The molecule has 0 fully saturated rings. The summed E-state index contributed by atoms with van der Waals surface area (Å²) in [5, 5.41) is 0. The molecule has 0 aliphatic heterocycles. The zero-order valence-electron chi connectivity index (χ0n) is 10.0. The Morgan fingerprint density at radius 1 is 0.667 bits per heavy atom. The fourth-order valence-electron chi connectivity index (χ4n) is 0.